The van der Waals surface area contributed by atoms with Gasteiger partial charge in [-0.05, 0) is 67.6 Å². The van der Waals surface area contributed by atoms with Crippen LogP contribution in [0.25, 0.3) is 10.9 Å². The number of ether oxygens (including phenoxy) is 2. The highest BCUT2D eigenvalue weighted by molar-refractivity contribution is 6.32. The van der Waals surface area contributed by atoms with Crippen molar-refractivity contribution < 1.29 is 24.0 Å². The molecule has 3 aromatic carbocycles. The van der Waals surface area contributed by atoms with Crippen LogP contribution >= 0.6 is 11.6 Å². The van der Waals surface area contributed by atoms with E-state index in [9.17, 15) is 19.7 Å². The molecule has 1 heterocycles. The average molecular weight is 517 g/mol. The lowest BCUT2D eigenvalue weighted by Gasteiger charge is -2.19. The second-order valence-corrected chi connectivity index (χ2v) is 9.01. The lowest BCUT2D eigenvalue weighted by atomic mass is 9.90. The predicted octanol–water partition coefficient (Wildman–Crippen LogP) is 6.51. The van der Waals surface area contributed by atoms with Crippen LogP contribution in [0.4, 0.5) is 5.69 Å². The van der Waals surface area contributed by atoms with Gasteiger partial charge in [0, 0.05) is 22.7 Å². The molecule has 0 bridgehead atoms. The van der Waals surface area contributed by atoms with Gasteiger partial charge in [-0.1, -0.05) is 35.9 Å². The van der Waals surface area contributed by atoms with Crippen molar-refractivity contribution >= 4 is 39.9 Å². The molecule has 0 saturated carbocycles. The van der Waals surface area contributed by atoms with Gasteiger partial charge in [-0.2, -0.15) is 0 Å². The van der Waals surface area contributed by atoms with Gasteiger partial charge in [-0.15, -0.1) is 0 Å². The maximum absolute atomic E-state index is 13.2. The molecule has 1 aromatic heterocycles. The standard InChI is InChI=1S/C28H21ClN2O6/c29-21-8-5-11-24(31(34)35)27(21)37-18-14-12-17(13-15-18)25(32)16-36-28(33)26-19-6-1-3-9-22(19)30-23-10-4-2-7-20(23)26/h1,3,5-6,8-9,11-15H,2,4,7,10,16H2. The Morgan fingerprint density at radius 1 is 0.973 bits per heavy atom. The van der Waals surface area contributed by atoms with E-state index in [0.717, 1.165) is 47.8 Å². The molecular weight excluding hydrogens is 496 g/mol. The lowest BCUT2D eigenvalue weighted by Crippen LogP contribution is -2.18. The number of para-hydroxylation sites is 2. The number of nitro groups is 1. The van der Waals surface area contributed by atoms with E-state index in [1.807, 2.05) is 24.3 Å². The number of carbonyl (C=O) groups excluding carboxylic acids is 2. The number of hydrogen-bond acceptors (Lipinski definition) is 7. The monoisotopic (exact) mass is 516 g/mol. The van der Waals surface area contributed by atoms with Crippen LogP contribution in [0.1, 0.15) is 44.8 Å². The van der Waals surface area contributed by atoms with Crippen LogP contribution < -0.4 is 4.74 Å². The Hall–Kier alpha value is -4.30. The smallest absolute Gasteiger partial charge is 0.339 e. The van der Waals surface area contributed by atoms with Gasteiger partial charge < -0.3 is 9.47 Å². The van der Waals surface area contributed by atoms with Crippen LogP contribution in [-0.4, -0.2) is 28.3 Å². The Morgan fingerprint density at radius 3 is 2.51 bits per heavy atom. The number of fused-ring (bicyclic) bond motifs is 2. The minimum absolute atomic E-state index is 0.0879. The van der Waals surface area contributed by atoms with Crippen molar-refractivity contribution in [2.45, 2.75) is 25.7 Å². The van der Waals surface area contributed by atoms with Crippen LogP contribution in [0.3, 0.4) is 0 Å². The quantitative estimate of drug-likeness (QED) is 0.119. The molecule has 5 rings (SSSR count). The van der Waals surface area contributed by atoms with Crippen LogP contribution in [0.2, 0.25) is 5.02 Å². The minimum atomic E-state index is -0.587. The number of aryl methyl sites for hydroxylation is 1. The maximum Gasteiger partial charge on any atom is 0.339 e. The first-order valence-corrected chi connectivity index (χ1v) is 12.1. The number of hydrogen-bond donors (Lipinski definition) is 0. The van der Waals surface area contributed by atoms with E-state index in [2.05, 4.69) is 0 Å². The van der Waals surface area contributed by atoms with E-state index in [1.165, 1.54) is 42.5 Å². The van der Waals surface area contributed by atoms with Crippen molar-refractivity contribution in [3.05, 3.63) is 104 Å². The van der Waals surface area contributed by atoms with Crippen molar-refractivity contribution in [3.8, 4) is 11.5 Å². The van der Waals surface area contributed by atoms with E-state index in [4.69, 9.17) is 26.1 Å². The fourth-order valence-corrected chi connectivity index (χ4v) is 4.67. The number of benzene rings is 3. The van der Waals surface area contributed by atoms with Crippen LogP contribution in [0, 0.1) is 10.1 Å². The third-order valence-corrected chi connectivity index (χ3v) is 6.54. The topological polar surface area (TPSA) is 109 Å². The van der Waals surface area contributed by atoms with E-state index < -0.39 is 23.3 Å². The van der Waals surface area contributed by atoms with Gasteiger partial charge in [0.05, 0.1) is 21.0 Å². The summed E-state index contributed by atoms with van der Waals surface area (Å²) >= 11 is 6.07. The number of esters is 1. The lowest BCUT2D eigenvalue weighted by molar-refractivity contribution is -0.385. The van der Waals surface area contributed by atoms with Gasteiger partial charge >= 0.3 is 11.7 Å². The van der Waals surface area contributed by atoms with Crippen molar-refractivity contribution in [2.75, 3.05) is 6.61 Å². The van der Waals surface area contributed by atoms with Gasteiger partial charge in [-0.3, -0.25) is 19.9 Å². The van der Waals surface area contributed by atoms with Crippen molar-refractivity contribution in [3.63, 3.8) is 0 Å². The molecule has 1 aliphatic rings. The summed E-state index contributed by atoms with van der Waals surface area (Å²) in [7, 11) is 0. The second-order valence-electron chi connectivity index (χ2n) is 8.61. The van der Waals surface area contributed by atoms with Crippen LogP contribution in [-0.2, 0) is 17.6 Å². The third kappa shape index (κ3) is 5.01. The van der Waals surface area contributed by atoms with E-state index in [1.54, 1.807) is 0 Å². The van der Waals surface area contributed by atoms with Gasteiger partial charge in [0.2, 0.25) is 5.75 Å². The summed E-state index contributed by atoms with van der Waals surface area (Å²) in [5.41, 5.74) is 3.06. The Labute approximate surface area is 217 Å². The molecular formula is C28H21ClN2O6. The summed E-state index contributed by atoms with van der Waals surface area (Å²) in [6.45, 7) is -0.430. The first-order valence-electron chi connectivity index (χ1n) is 11.7. The number of Topliss-reactive ketones (excluding diaryl/α,β-unsaturated/α-hetero) is 1. The number of pyridine rings is 1. The van der Waals surface area contributed by atoms with Crippen LogP contribution in [0.5, 0.6) is 11.5 Å². The largest absolute Gasteiger partial charge is 0.454 e. The third-order valence-electron chi connectivity index (χ3n) is 6.25. The van der Waals surface area contributed by atoms with E-state index in [-0.39, 0.29) is 22.2 Å². The Balaban J connectivity index is 1.31. The molecule has 0 fully saturated rings. The molecule has 0 aliphatic heterocycles. The van der Waals surface area contributed by atoms with Gasteiger partial charge in [0.1, 0.15) is 5.75 Å². The number of rotatable bonds is 7. The van der Waals surface area contributed by atoms with Gasteiger partial charge in [-0.25, -0.2) is 4.79 Å². The first-order chi connectivity index (χ1) is 17.9. The molecule has 8 nitrogen and oxygen atoms in total. The summed E-state index contributed by atoms with van der Waals surface area (Å²) in [5, 5.41) is 12.1. The normalized spacial score (nSPS) is 12.6. The fourth-order valence-electron chi connectivity index (χ4n) is 4.46. The summed E-state index contributed by atoms with van der Waals surface area (Å²) in [6.07, 6.45) is 3.55. The predicted molar refractivity (Wildman–Crippen MR) is 138 cm³/mol. The highest BCUT2D eigenvalue weighted by atomic mass is 35.5. The Kier molecular flexibility index (Phi) is 6.83. The average Bonchev–Trinajstić information content (AvgIpc) is 2.91. The Morgan fingerprint density at radius 2 is 1.73 bits per heavy atom. The van der Waals surface area contributed by atoms with Gasteiger partial charge in [0.25, 0.3) is 0 Å². The molecule has 0 atom stereocenters. The fraction of sp³-hybridized carbons (Fsp3) is 0.179. The number of aromatic nitrogens is 1. The number of nitro benzene ring substituents is 1. The van der Waals surface area contributed by atoms with Gasteiger partial charge in [0.15, 0.2) is 12.4 Å². The number of ketones is 1. The SMILES string of the molecule is O=C(COC(=O)c1c2c(nc3ccccc13)CCCC2)c1ccc(Oc2c(Cl)cccc2[N+](=O)[O-])cc1. The summed E-state index contributed by atoms with van der Waals surface area (Å²) in [6, 6.07) is 17.7. The molecule has 186 valence electrons. The molecule has 0 unspecified atom stereocenters. The van der Waals surface area contributed by atoms with E-state index >= 15 is 0 Å². The van der Waals surface area contributed by atoms with Crippen molar-refractivity contribution in [2.24, 2.45) is 0 Å². The molecule has 0 radical (unpaired) electrons. The maximum atomic E-state index is 13.2. The van der Waals surface area contributed by atoms with Crippen molar-refractivity contribution in [1.82, 2.24) is 4.98 Å². The van der Waals surface area contributed by atoms with Crippen molar-refractivity contribution in [1.29, 1.82) is 0 Å². The summed E-state index contributed by atoms with van der Waals surface area (Å²) < 4.78 is 11.1. The zero-order chi connectivity index (χ0) is 25.9. The Bertz CT molecular complexity index is 1530. The molecule has 0 spiro atoms. The molecule has 0 saturated heterocycles. The molecule has 0 N–H and O–H groups in total. The molecule has 4 aromatic rings. The number of nitrogens with zero attached hydrogens (tertiary/aromatic N) is 2. The second kappa shape index (κ2) is 10.4. The molecule has 0 amide bonds. The minimum Gasteiger partial charge on any atom is -0.454 e. The summed E-state index contributed by atoms with van der Waals surface area (Å²) in [5.74, 6) is -0.762. The highest BCUT2D eigenvalue weighted by Gasteiger charge is 2.24. The number of halogens is 1. The molecule has 37 heavy (non-hydrogen) atoms. The highest BCUT2D eigenvalue weighted by Crippen LogP contribution is 2.37. The zero-order valence-corrected chi connectivity index (χ0v) is 20.4. The molecule has 9 heteroatoms. The number of carbonyl (C=O) groups is 2. The molecule has 1 aliphatic carbocycles. The van der Waals surface area contributed by atoms with Crippen LogP contribution in [0.15, 0.2) is 66.7 Å². The zero-order valence-electron chi connectivity index (χ0n) is 19.6. The van der Waals surface area contributed by atoms with E-state index in [0.29, 0.717) is 11.1 Å². The summed E-state index contributed by atoms with van der Waals surface area (Å²) in [4.78, 5) is 41.3. The first kappa shape index (κ1) is 24.4.